The van der Waals surface area contributed by atoms with Gasteiger partial charge in [-0.1, -0.05) is 6.92 Å². The predicted molar refractivity (Wildman–Crippen MR) is 58.5 cm³/mol. The summed E-state index contributed by atoms with van der Waals surface area (Å²) in [6.07, 6.45) is 2.77. The molecule has 2 nitrogen and oxygen atoms in total. The fraction of sp³-hybridized carbons (Fsp3) is 0.500. The summed E-state index contributed by atoms with van der Waals surface area (Å²) in [5.41, 5.74) is 6.88. The zero-order valence-electron chi connectivity index (χ0n) is 8.00. The number of halogens is 1. The molecule has 1 rings (SSSR count). The summed E-state index contributed by atoms with van der Waals surface area (Å²) in [7, 11) is 0. The van der Waals surface area contributed by atoms with Gasteiger partial charge in [0.05, 0.1) is 0 Å². The number of nitrogens with zero attached hydrogens (tertiary/aromatic N) is 1. The van der Waals surface area contributed by atoms with Gasteiger partial charge in [0.25, 0.3) is 0 Å². The standard InChI is InChI=1S/C10H15BrN2/c1-7(8(2)12)5-10-4-3-9(11)6-13-10/h3-4,6-8H,5,12H2,1-2H3. The van der Waals surface area contributed by atoms with E-state index >= 15 is 0 Å². The average molecular weight is 243 g/mol. The molecule has 13 heavy (non-hydrogen) atoms. The molecule has 2 unspecified atom stereocenters. The van der Waals surface area contributed by atoms with E-state index in [-0.39, 0.29) is 6.04 Å². The maximum Gasteiger partial charge on any atom is 0.0413 e. The lowest BCUT2D eigenvalue weighted by atomic mass is 9.98. The van der Waals surface area contributed by atoms with Gasteiger partial charge < -0.3 is 5.73 Å². The third-order valence-corrected chi connectivity index (χ3v) is 2.69. The number of aromatic nitrogens is 1. The zero-order chi connectivity index (χ0) is 9.84. The molecule has 1 aromatic heterocycles. The van der Waals surface area contributed by atoms with Crippen LogP contribution in [0, 0.1) is 5.92 Å². The van der Waals surface area contributed by atoms with E-state index in [4.69, 9.17) is 5.73 Å². The highest BCUT2D eigenvalue weighted by molar-refractivity contribution is 9.10. The molecular formula is C10H15BrN2. The van der Waals surface area contributed by atoms with E-state index < -0.39 is 0 Å². The molecule has 1 heterocycles. The summed E-state index contributed by atoms with van der Waals surface area (Å²) in [4.78, 5) is 4.30. The van der Waals surface area contributed by atoms with Crippen LogP contribution in [-0.2, 0) is 6.42 Å². The lowest BCUT2D eigenvalue weighted by Gasteiger charge is -2.14. The quantitative estimate of drug-likeness (QED) is 0.885. The maximum absolute atomic E-state index is 5.78. The van der Waals surface area contributed by atoms with Crippen molar-refractivity contribution in [2.75, 3.05) is 0 Å². The van der Waals surface area contributed by atoms with Crippen molar-refractivity contribution in [3.63, 3.8) is 0 Å². The Bertz CT molecular complexity index is 256. The van der Waals surface area contributed by atoms with E-state index in [2.05, 4.69) is 27.8 Å². The molecule has 0 amide bonds. The van der Waals surface area contributed by atoms with Crippen molar-refractivity contribution in [3.8, 4) is 0 Å². The molecule has 3 heteroatoms. The summed E-state index contributed by atoms with van der Waals surface area (Å²) in [6, 6.07) is 4.27. The van der Waals surface area contributed by atoms with Gasteiger partial charge in [0.1, 0.15) is 0 Å². The second kappa shape index (κ2) is 4.72. The smallest absolute Gasteiger partial charge is 0.0413 e. The first-order valence-corrected chi connectivity index (χ1v) is 5.25. The largest absolute Gasteiger partial charge is 0.328 e. The summed E-state index contributed by atoms with van der Waals surface area (Å²) in [6.45, 7) is 4.18. The van der Waals surface area contributed by atoms with Crippen LogP contribution in [0.3, 0.4) is 0 Å². The number of hydrogen-bond donors (Lipinski definition) is 1. The summed E-state index contributed by atoms with van der Waals surface area (Å²) in [5, 5.41) is 0. The molecule has 0 radical (unpaired) electrons. The van der Waals surface area contributed by atoms with Crippen molar-refractivity contribution in [3.05, 3.63) is 28.5 Å². The number of pyridine rings is 1. The molecule has 0 aliphatic heterocycles. The highest BCUT2D eigenvalue weighted by Crippen LogP contribution is 2.12. The van der Waals surface area contributed by atoms with Crippen LogP contribution in [0.1, 0.15) is 19.5 Å². The summed E-state index contributed by atoms with van der Waals surface area (Å²) >= 11 is 3.35. The minimum absolute atomic E-state index is 0.227. The first-order chi connectivity index (χ1) is 6.09. The fourth-order valence-electron chi connectivity index (χ4n) is 1.04. The van der Waals surface area contributed by atoms with Crippen LogP contribution in [0.15, 0.2) is 22.8 Å². The molecular weight excluding hydrogens is 228 g/mol. The molecule has 0 saturated carbocycles. The van der Waals surface area contributed by atoms with Gasteiger partial charge in [-0.25, -0.2) is 0 Å². The number of hydrogen-bond acceptors (Lipinski definition) is 2. The Morgan fingerprint density at radius 2 is 2.15 bits per heavy atom. The van der Waals surface area contributed by atoms with Gasteiger partial charge in [0.15, 0.2) is 0 Å². The highest BCUT2D eigenvalue weighted by atomic mass is 79.9. The van der Waals surface area contributed by atoms with E-state index in [1.807, 2.05) is 25.3 Å². The van der Waals surface area contributed by atoms with Gasteiger partial charge in [-0.2, -0.15) is 0 Å². The minimum atomic E-state index is 0.227. The first-order valence-electron chi connectivity index (χ1n) is 4.45. The second-order valence-corrected chi connectivity index (χ2v) is 4.42. The van der Waals surface area contributed by atoms with E-state index in [0.29, 0.717) is 5.92 Å². The van der Waals surface area contributed by atoms with Crippen LogP contribution >= 0.6 is 15.9 Å². The van der Waals surface area contributed by atoms with Crippen LogP contribution in [0.5, 0.6) is 0 Å². The van der Waals surface area contributed by atoms with E-state index in [1.165, 1.54) is 0 Å². The van der Waals surface area contributed by atoms with Crippen molar-refractivity contribution in [2.24, 2.45) is 11.7 Å². The number of rotatable bonds is 3. The summed E-state index contributed by atoms with van der Waals surface area (Å²) < 4.78 is 1.02. The third-order valence-electron chi connectivity index (χ3n) is 2.22. The predicted octanol–water partition coefficient (Wildman–Crippen LogP) is 2.37. The normalized spacial score (nSPS) is 15.4. The van der Waals surface area contributed by atoms with Crippen LogP contribution in [0.2, 0.25) is 0 Å². The molecule has 72 valence electrons. The molecule has 0 fully saturated rings. The van der Waals surface area contributed by atoms with Gasteiger partial charge in [0.2, 0.25) is 0 Å². The van der Waals surface area contributed by atoms with Crippen LogP contribution in [0.4, 0.5) is 0 Å². The average Bonchev–Trinajstić information content (AvgIpc) is 2.08. The third kappa shape index (κ3) is 3.44. The van der Waals surface area contributed by atoms with Crippen molar-refractivity contribution >= 4 is 15.9 Å². The molecule has 1 aromatic rings. The highest BCUT2D eigenvalue weighted by Gasteiger charge is 2.08. The van der Waals surface area contributed by atoms with Crippen LogP contribution in [0.25, 0.3) is 0 Å². The molecule has 2 atom stereocenters. The molecule has 0 spiro atoms. The monoisotopic (exact) mass is 242 g/mol. The van der Waals surface area contributed by atoms with Crippen molar-refractivity contribution in [2.45, 2.75) is 26.3 Å². The minimum Gasteiger partial charge on any atom is -0.328 e. The maximum atomic E-state index is 5.78. The molecule has 0 bridgehead atoms. The Balaban J connectivity index is 2.59. The van der Waals surface area contributed by atoms with Gasteiger partial charge in [0, 0.05) is 22.4 Å². The summed E-state index contributed by atoms with van der Waals surface area (Å²) in [5.74, 6) is 0.480. The number of nitrogens with two attached hydrogens (primary N) is 1. The van der Waals surface area contributed by atoms with Crippen molar-refractivity contribution in [1.29, 1.82) is 0 Å². The Kier molecular flexibility index (Phi) is 3.88. The Hall–Kier alpha value is -0.410. The fourth-order valence-corrected chi connectivity index (χ4v) is 1.28. The Morgan fingerprint density at radius 3 is 2.62 bits per heavy atom. The van der Waals surface area contributed by atoms with Crippen LogP contribution < -0.4 is 5.73 Å². The molecule has 0 aromatic carbocycles. The zero-order valence-corrected chi connectivity index (χ0v) is 9.58. The van der Waals surface area contributed by atoms with E-state index in [1.54, 1.807) is 0 Å². The van der Waals surface area contributed by atoms with Gasteiger partial charge in [-0.3, -0.25) is 4.98 Å². The van der Waals surface area contributed by atoms with Gasteiger partial charge in [-0.05, 0) is 47.3 Å². The topological polar surface area (TPSA) is 38.9 Å². The SMILES string of the molecule is CC(N)C(C)Cc1ccc(Br)cn1. The second-order valence-electron chi connectivity index (χ2n) is 3.51. The van der Waals surface area contributed by atoms with Crippen molar-refractivity contribution < 1.29 is 0 Å². The molecule has 0 saturated heterocycles. The van der Waals surface area contributed by atoms with Crippen molar-refractivity contribution in [1.82, 2.24) is 4.98 Å². The Morgan fingerprint density at radius 1 is 1.46 bits per heavy atom. The lowest BCUT2D eigenvalue weighted by Crippen LogP contribution is -2.25. The Labute approximate surface area is 87.7 Å². The molecule has 0 aliphatic carbocycles. The van der Waals surface area contributed by atoms with Gasteiger partial charge >= 0.3 is 0 Å². The lowest BCUT2D eigenvalue weighted by molar-refractivity contribution is 0.477. The van der Waals surface area contributed by atoms with E-state index in [9.17, 15) is 0 Å². The molecule has 2 N–H and O–H groups in total. The first kappa shape index (κ1) is 10.7. The van der Waals surface area contributed by atoms with E-state index in [0.717, 1.165) is 16.6 Å². The molecule has 0 aliphatic rings. The van der Waals surface area contributed by atoms with Crippen LogP contribution in [-0.4, -0.2) is 11.0 Å². The van der Waals surface area contributed by atoms with Gasteiger partial charge in [-0.15, -0.1) is 0 Å².